The van der Waals surface area contributed by atoms with E-state index in [2.05, 4.69) is 48.6 Å². The van der Waals surface area contributed by atoms with E-state index in [0.717, 1.165) is 16.5 Å². The normalized spacial score (nSPS) is 27.5. The molecular formula is C20H14Cl2. The molecule has 0 fully saturated rings. The summed E-state index contributed by atoms with van der Waals surface area (Å²) in [4.78, 5) is 0. The van der Waals surface area contributed by atoms with Gasteiger partial charge in [-0.15, -0.1) is 0 Å². The van der Waals surface area contributed by atoms with Gasteiger partial charge in [0.2, 0.25) is 0 Å². The molecule has 2 aromatic carbocycles. The van der Waals surface area contributed by atoms with Gasteiger partial charge in [-0.3, -0.25) is 0 Å². The zero-order chi connectivity index (χ0) is 14.9. The number of halogens is 2. The predicted molar refractivity (Wildman–Crippen MR) is 92.6 cm³/mol. The number of rotatable bonds is 1. The number of hydrogen-bond acceptors (Lipinski definition) is 0. The fraction of sp³-hybridized carbons (Fsp3) is 0.200. The topological polar surface area (TPSA) is 0 Å². The Morgan fingerprint density at radius 2 is 1.36 bits per heavy atom. The molecule has 0 nitrogen and oxygen atoms in total. The van der Waals surface area contributed by atoms with Crippen LogP contribution in [0.5, 0.6) is 0 Å². The van der Waals surface area contributed by atoms with Gasteiger partial charge in [-0.2, -0.15) is 0 Å². The summed E-state index contributed by atoms with van der Waals surface area (Å²) >= 11 is 12.6. The molecule has 22 heavy (non-hydrogen) atoms. The Bertz CT molecular complexity index is 795. The number of hydrogen-bond donors (Lipinski definition) is 0. The van der Waals surface area contributed by atoms with Crippen LogP contribution < -0.4 is 0 Å². The van der Waals surface area contributed by atoms with Crippen molar-refractivity contribution >= 4 is 23.2 Å². The minimum atomic E-state index is 0.0834. The molecule has 0 spiro atoms. The van der Waals surface area contributed by atoms with Crippen molar-refractivity contribution in [2.24, 2.45) is 11.3 Å². The fourth-order valence-corrected chi connectivity index (χ4v) is 4.86. The van der Waals surface area contributed by atoms with Crippen LogP contribution in [0.2, 0.25) is 10.0 Å². The maximum absolute atomic E-state index is 6.31. The molecule has 0 unspecified atom stereocenters. The molecule has 3 aliphatic carbocycles. The van der Waals surface area contributed by atoms with E-state index in [-0.39, 0.29) is 5.41 Å². The smallest absolute Gasteiger partial charge is 0.0409 e. The third-order valence-corrected chi connectivity index (χ3v) is 5.84. The van der Waals surface area contributed by atoms with Gasteiger partial charge in [0.05, 0.1) is 0 Å². The quantitative estimate of drug-likeness (QED) is 0.545. The molecule has 108 valence electrons. The SMILES string of the molecule is Clc1ccc2c(c1)C(C13C=CC(C=C1)C3)c1cc(Cl)ccc1-2. The van der Waals surface area contributed by atoms with Gasteiger partial charge in [-0.05, 0) is 58.9 Å². The summed E-state index contributed by atoms with van der Waals surface area (Å²) in [6, 6.07) is 12.5. The summed E-state index contributed by atoms with van der Waals surface area (Å²) in [5, 5.41) is 1.61. The Balaban J connectivity index is 1.81. The molecular weight excluding hydrogens is 311 g/mol. The van der Waals surface area contributed by atoms with Crippen molar-refractivity contribution < 1.29 is 0 Å². The first-order chi connectivity index (χ1) is 10.7. The second-order valence-electron chi connectivity index (χ2n) is 6.59. The lowest BCUT2D eigenvalue weighted by Gasteiger charge is -2.31. The summed E-state index contributed by atoms with van der Waals surface area (Å²) in [6.45, 7) is 0. The van der Waals surface area contributed by atoms with E-state index in [1.807, 2.05) is 12.1 Å². The van der Waals surface area contributed by atoms with Crippen LogP contribution in [0.4, 0.5) is 0 Å². The maximum atomic E-state index is 6.31. The van der Waals surface area contributed by atoms with Gasteiger partial charge < -0.3 is 0 Å². The van der Waals surface area contributed by atoms with E-state index in [1.165, 1.54) is 22.3 Å². The average molecular weight is 325 g/mol. The van der Waals surface area contributed by atoms with Crippen LogP contribution in [0.15, 0.2) is 60.7 Å². The summed E-state index contributed by atoms with van der Waals surface area (Å²) in [5.41, 5.74) is 5.35. The molecule has 2 bridgehead atoms. The number of benzene rings is 2. The van der Waals surface area contributed by atoms with Crippen molar-refractivity contribution in [1.82, 2.24) is 0 Å². The van der Waals surface area contributed by atoms with Crippen molar-refractivity contribution in [3.8, 4) is 11.1 Å². The van der Waals surface area contributed by atoms with E-state index in [4.69, 9.17) is 23.2 Å². The first-order valence-corrected chi connectivity index (χ1v) is 8.40. The Morgan fingerprint density at radius 3 is 1.82 bits per heavy atom. The van der Waals surface area contributed by atoms with Gasteiger partial charge >= 0.3 is 0 Å². The highest BCUT2D eigenvalue weighted by molar-refractivity contribution is 6.31. The zero-order valence-electron chi connectivity index (χ0n) is 11.9. The third kappa shape index (κ3) is 1.60. The molecule has 5 rings (SSSR count). The standard InChI is InChI=1S/C20H14Cl2/c21-13-1-3-15-16-4-2-14(22)10-18(16)19(17(15)9-13)20-7-5-12(11-20)6-8-20/h1-10,12,19H,11H2. The van der Waals surface area contributed by atoms with Crippen molar-refractivity contribution in [3.63, 3.8) is 0 Å². The molecule has 0 saturated carbocycles. The minimum absolute atomic E-state index is 0.0834. The van der Waals surface area contributed by atoms with E-state index in [0.29, 0.717) is 11.8 Å². The van der Waals surface area contributed by atoms with E-state index in [1.54, 1.807) is 0 Å². The summed E-state index contributed by atoms with van der Waals surface area (Å²) < 4.78 is 0. The molecule has 0 atom stereocenters. The summed E-state index contributed by atoms with van der Waals surface area (Å²) in [5.74, 6) is 0.903. The Kier molecular flexibility index (Phi) is 2.52. The van der Waals surface area contributed by atoms with Crippen LogP contribution >= 0.6 is 23.2 Å². The van der Waals surface area contributed by atoms with E-state index >= 15 is 0 Å². The van der Waals surface area contributed by atoms with Gasteiger partial charge in [0.1, 0.15) is 0 Å². The average Bonchev–Trinajstić information content (AvgIpc) is 3.17. The van der Waals surface area contributed by atoms with Gasteiger partial charge in [-0.1, -0.05) is 59.6 Å². The largest absolute Gasteiger partial charge is 0.0843 e. The predicted octanol–water partition coefficient (Wildman–Crippen LogP) is 6.24. The molecule has 0 aliphatic heterocycles. The summed E-state index contributed by atoms with van der Waals surface area (Å²) in [7, 11) is 0. The second kappa shape index (κ2) is 4.28. The molecule has 0 amide bonds. The van der Waals surface area contributed by atoms with Gasteiger partial charge in [-0.25, -0.2) is 0 Å². The van der Waals surface area contributed by atoms with Crippen LogP contribution in [0, 0.1) is 11.3 Å². The molecule has 0 radical (unpaired) electrons. The molecule has 0 saturated heterocycles. The van der Waals surface area contributed by atoms with Crippen LogP contribution in [0.1, 0.15) is 23.5 Å². The molecule has 3 aliphatic rings. The highest BCUT2D eigenvalue weighted by Crippen LogP contribution is 2.60. The van der Waals surface area contributed by atoms with Crippen LogP contribution in [0.25, 0.3) is 11.1 Å². The monoisotopic (exact) mass is 324 g/mol. The van der Waals surface area contributed by atoms with Gasteiger partial charge in [0.25, 0.3) is 0 Å². The molecule has 2 aromatic rings. The lowest BCUT2D eigenvalue weighted by molar-refractivity contribution is 0.430. The van der Waals surface area contributed by atoms with Crippen molar-refractivity contribution in [3.05, 3.63) is 81.9 Å². The van der Waals surface area contributed by atoms with E-state index < -0.39 is 0 Å². The number of fused-ring (bicyclic) bond motifs is 5. The maximum Gasteiger partial charge on any atom is 0.0409 e. The lowest BCUT2D eigenvalue weighted by Crippen LogP contribution is -2.21. The van der Waals surface area contributed by atoms with Crippen molar-refractivity contribution in [1.29, 1.82) is 0 Å². The van der Waals surface area contributed by atoms with Crippen LogP contribution in [-0.4, -0.2) is 0 Å². The minimum Gasteiger partial charge on any atom is -0.0843 e. The highest BCUT2D eigenvalue weighted by atomic mass is 35.5. The fourth-order valence-electron chi connectivity index (χ4n) is 4.50. The third-order valence-electron chi connectivity index (χ3n) is 5.37. The second-order valence-corrected chi connectivity index (χ2v) is 7.47. The first kappa shape index (κ1) is 13.0. The van der Waals surface area contributed by atoms with Gasteiger partial charge in [0.15, 0.2) is 0 Å². The Labute approximate surface area is 140 Å². The Morgan fingerprint density at radius 1 is 0.818 bits per heavy atom. The molecule has 2 heteroatoms. The van der Waals surface area contributed by atoms with Crippen molar-refractivity contribution in [2.45, 2.75) is 12.3 Å². The van der Waals surface area contributed by atoms with Gasteiger partial charge in [0, 0.05) is 21.4 Å². The lowest BCUT2D eigenvalue weighted by atomic mass is 9.71. The zero-order valence-corrected chi connectivity index (χ0v) is 13.4. The van der Waals surface area contributed by atoms with Crippen LogP contribution in [-0.2, 0) is 0 Å². The van der Waals surface area contributed by atoms with E-state index in [9.17, 15) is 0 Å². The molecule has 0 aromatic heterocycles. The first-order valence-electron chi connectivity index (χ1n) is 7.64. The summed E-state index contributed by atoms with van der Waals surface area (Å²) in [6.07, 6.45) is 10.6. The van der Waals surface area contributed by atoms with Crippen molar-refractivity contribution in [2.75, 3.05) is 0 Å². The highest BCUT2D eigenvalue weighted by Gasteiger charge is 2.47. The Hall–Kier alpha value is -1.50. The molecule has 0 heterocycles. The number of allylic oxidation sites excluding steroid dienone is 4. The van der Waals surface area contributed by atoms with Crippen LogP contribution in [0.3, 0.4) is 0 Å². The molecule has 0 N–H and O–H groups in total.